The van der Waals surface area contributed by atoms with Crippen LogP contribution in [0.4, 0.5) is 0 Å². The van der Waals surface area contributed by atoms with Crippen molar-refractivity contribution >= 4 is 21.8 Å². The van der Waals surface area contributed by atoms with Crippen LogP contribution in [0.3, 0.4) is 0 Å². The molecule has 0 radical (unpaired) electrons. The Hall–Kier alpha value is -3.17. The van der Waals surface area contributed by atoms with Crippen molar-refractivity contribution in [2.75, 3.05) is 19.7 Å². The average molecular weight is 429 g/mol. The maximum absolute atomic E-state index is 12.5. The van der Waals surface area contributed by atoms with Crippen molar-refractivity contribution in [1.82, 2.24) is 15.2 Å². The van der Waals surface area contributed by atoms with Crippen LogP contribution >= 0.6 is 0 Å². The highest BCUT2D eigenvalue weighted by Crippen LogP contribution is 2.21. The Morgan fingerprint density at radius 2 is 1.43 bits per heavy atom. The van der Waals surface area contributed by atoms with Gasteiger partial charge in [-0.15, -0.1) is 0 Å². The third-order valence-corrected chi connectivity index (χ3v) is 6.51. The number of nitrogens with one attached hydrogen (secondary N) is 2. The molecule has 0 aliphatic carbocycles. The van der Waals surface area contributed by atoms with E-state index in [-0.39, 0.29) is 10.5 Å². The third-order valence-electron chi connectivity index (χ3n) is 4.59. The van der Waals surface area contributed by atoms with E-state index in [0.717, 1.165) is 12.8 Å². The molecule has 0 atom stereocenters. The Bertz CT molecular complexity index is 1010. The van der Waals surface area contributed by atoms with Gasteiger partial charge in [0.2, 0.25) is 10.0 Å². The molecular weight excluding hydrogens is 406 g/mol. The highest BCUT2D eigenvalue weighted by molar-refractivity contribution is 7.89. The molecular formula is C21H23N3O5S. The molecule has 0 unspecified atom stereocenters. The van der Waals surface area contributed by atoms with Crippen molar-refractivity contribution in [2.24, 2.45) is 0 Å². The molecule has 1 saturated heterocycles. The van der Waals surface area contributed by atoms with Gasteiger partial charge in [0.1, 0.15) is 12.4 Å². The number of hydrazine groups is 1. The van der Waals surface area contributed by atoms with E-state index in [1.165, 1.54) is 28.6 Å². The van der Waals surface area contributed by atoms with Crippen LogP contribution < -0.4 is 15.6 Å². The molecule has 0 saturated carbocycles. The molecule has 9 heteroatoms. The molecule has 2 N–H and O–H groups in total. The van der Waals surface area contributed by atoms with Crippen LogP contribution in [0.2, 0.25) is 0 Å². The maximum atomic E-state index is 12.5. The second-order valence-electron chi connectivity index (χ2n) is 6.67. The number of amides is 2. The van der Waals surface area contributed by atoms with Crippen LogP contribution in [-0.2, 0) is 10.0 Å². The van der Waals surface area contributed by atoms with Crippen LogP contribution in [-0.4, -0.2) is 44.2 Å². The zero-order chi connectivity index (χ0) is 21.6. The van der Waals surface area contributed by atoms with E-state index in [1.54, 1.807) is 30.3 Å². The van der Waals surface area contributed by atoms with Gasteiger partial charge in [0, 0.05) is 24.2 Å². The lowest BCUT2D eigenvalue weighted by Crippen LogP contribution is -2.41. The van der Waals surface area contributed by atoms with E-state index in [4.69, 9.17) is 4.74 Å². The number of ether oxygens (including phenoxy) is 1. The number of rotatable bonds is 7. The Morgan fingerprint density at radius 3 is 1.93 bits per heavy atom. The first-order chi connectivity index (χ1) is 14.4. The smallest absolute Gasteiger partial charge is 0.269 e. The molecule has 2 aromatic rings. The van der Waals surface area contributed by atoms with Crippen molar-refractivity contribution in [1.29, 1.82) is 0 Å². The first-order valence-electron chi connectivity index (χ1n) is 9.46. The summed E-state index contributed by atoms with van der Waals surface area (Å²) in [5, 5.41) is 0. The van der Waals surface area contributed by atoms with E-state index < -0.39 is 21.8 Å². The van der Waals surface area contributed by atoms with E-state index in [1.807, 2.05) is 0 Å². The monoisotopic (exact) mass is 429 g/mol. The molecule has 0 spiro atoms. The average Bonchev–Trinajstić information content (AvgIpc) is 3.32. The predicted molar refractivity (Wildman–Crippen MR) is 112 cm³/mol. The second-order valence-corrected chi connectivity index (χ2v) is 8.61. The number of carbonyl (C=O) groups is 2. The molecule has 3 rings (SSSR count). The van der Waals surface area contributed by atoms with E-state index in [9.17, 15) is 18.0 Å². The van der Waals surface area contributed by atoms with Gasteiger partial charge in [-0.2, -0.15) is 4.31 Å². The predicted octanol–water partition coefficient (Wildman–Crippen LogP) is 2.11. The molecule has 0 aromatic heterocycles. The summed E-state index contributed by atoms with van der Waals surface area (Å²) in [5.74, 6) is -0.453. The van der Waals surface area contributed by atoms with Gasteiger partial charge >= 0.3 is 0 Å². The quantitative estimate of drug-likeness (QED) is 0.518. The number of carbonyl (C=O) groups excluding carboxylic acids is 2. The van der Waals surface area contributed by atoms with Gasteiger partial charge in [-0.3, -0.25) is 20.4 Å². The summed E-state index contributed by atoms with van der Waals surface area (Å²) >= 11 is 0. The van der Waals surface area contributed by atoms with Gasteiger partial charge in [0.05, 0.1) is 4.90 Å². The second kappa shape index (κ2) is 9.55. The van der Waals surface area contributed by atoms with Crippen LogP contribution in [0.1, 0.15) is 33.6 Å². The number of sulfonamides is 1. The SMILES string of the molecule is C=CCOc1ccc(C(=O)NNC(=O)c2ccc(S(=O)(=O)N3CCCC3)cc2)cc1. The van der Waals surface area contributed by atoms with Gasteiger partial charge in [-0.1, -0.05) is 12.7 Å². The number of nitrogens with zero attached hydrogens (tertiary/aromatic N) is 1. The summed E-state index contributed by atoms with van der Waals surface area (Å²) in [6, 6.07) is 12.0. The minimum atomic E-state index is -3.54. The summed E-state index contributed by atoms with van der Waals surface area (Å²) < 4.78 is 31.8. The lowest BCUT2D eigenvalue weighted by atomic mass is 10.2. The summed E-state index contributed by atoms with van der Waals surface area (Å²) in [7, 11) is -3.54. The molecule has 2 amide bonds. The molecule has 8 nitrogen and oxygen atoms in total. The zero-order valence-electron chi connectivity index (χ0n) is 16.3. The third kappa shape index (κ3) is 5.05. The standard InChI is InChI=1S/C21H23N3O5S/c1-2-15-29-18-9-5-16(6-10-18)20(25)22-23-21(26)17-7-11-19(12-8-17)30(27,28)24-13-3-4-14-24/h2,5-12H,1,3-4,13-15H2,(H,22,25)(H,23,26). The largest absolute Gasteiger partial charge is 0.490 e. The molecule has 1 fully saturated rings. The lowest BCUT2D eigenvalue weighted by Gasteiger charge is -2.15. The van der Waals surface area contributed by atoms with Crippen LogP contribution in [0.5, 0.6) is 5.75 Å². The van der Waals surface area contributed by atoms with Crippen LogP contribution in [0, 0.1) is 0 Å². The minimum absolute atomic E-state index is 0.142. The summed E-state index contributed by atoms with van der Waals surface area (Å²) in [6.45, 7) is 4.95. The van der Waals surface area contributed by atoms with Gasteiger partial charge in [0.25, 0.3) is 11.8 Å². The molecule has 1 aliphatic heterocycles. The van der Waals surface area contributed by atoms with Crippen LogP contribution in [0.25, 0.3) is 0 Å². The van der Waals surface area contributed by atoms with Gasteiger partial charge in [0.15, 0.2) is 0 Å². The fourth-order valence-corrected chi connectivity index (χ4v) is 4.49. The maximum Gasteiger partial charge on any atom is 0.269 e. The first kappa shape index (κ1) is 21.5. The van der Waals surface area contributed by atoms with Gasteiger partial charge < -0.3 is 4.74 Å². The van der Waals surface area contributed by atoms with E-state index >= 15 is 0 Å². The molecule has 158 valence electrons. The lowest BCUT2D eigenvalue weighted by molar-refractivity contribution is 0.0846. The fraction of sp³-hybridized carbons (Fsp3) is 0.238. The van der Waals surface area contributed by atoms with Crippen LogP contribution in [0.15, 0.2) is 66.1 Å². The van der Waals surface area contributed by atoms with Gasteiger partial charge in [-0.05, 0) is 61.4 Å². The summed E-state index contributed by atoms with van der Waals surface area (Å²) in [4.78, 5) is 24.6. The first-order valence-corrected chi connectivity index (χ1v) is 10.9. The summed E-state index contributed by atoms with van der Waals surface area (Å²) in [6.07, 6.45) is 3.32. The molecule has 30 heavy (non-hydrogen) atoms. The normalized spacial score (nSPS) is 14.1. The molecule has 1 heterocycles. The highest BCUT2D eigenvalue weighted by Gasteiger charge is 2.27. The fourth-order valence-electron chi connectivity index (χ4n) is 2.97. The number of hydrogen-bond acceptors (Lipinski definition) is 5. The van der Waals surface area contributed by atoms with Crippen molar-refractivity contribution in [3.63, 3.8) is 0 Å². The van der Waals surface area contributed by atoms with Crippen molar-refractivity contribution < 1.29 is 22.7 Å². The Morgan fingerprint density at radius 1 is 0.933 bits per heavy atom. The molecule has 0 bridgehead atoms. The van der Waals surface area contributed by atoms with E-state index in [0.29, 0.717) is 31.0 Å². The number of hydrogen-bond donors (Lipinski definition) is 2. The van der Waals surface area contributed by atoms with Crippen molar-refractivity contribution in [3.05, 3.63) is 72.3 Å². The number of benzene rings is 2. The Labute approximate surface area is 175 Å². The Kier molecular flexibility index (Phi) is 6.86. The molecule has 1 aliphatic rings. The summed E-state index contributed by atoms with van der Waals surface area (Å²) in [5.41, 5.74) is 5.21. The van der Waals surface area contributed by atoms with Crippen molar-refractivity contribution in [3.8, 4) is 5.75 Å². The topological polar surface area (TPSA) is 105 Å². The van der Waals surface area contributed by atoms with E-state index in [2.05, 4.69) is 17.4 Å². The Balaban J connectivity index is 1.57. The highest BCUT2D eigenvalue weighted by atomic mass is 32.2. The van der Waals surface area contributed by atoms with Gasteiger partial charge in [-0.25, -0.2) is 8.42 Å². The molecule has 2 aromatic carbocycles. The minimum Gasteiger partial charge on any atom is -0.490 e. The van der Waals surface area contributed by atoms with Crippen molar-refractivity contribution in [2.45, 2.75) is 17.7 Å². The zero-order valence-corrected chi connectivity index (χ0v) is 17.2.